The average Bonchev–Trinajstić information content (AvgIpc) is 0.834. The molecular formula is C138H222N12. The third-order valence-electron chi connectivity index (χ3n) is 30.9. The molecule has 0 saturated carbocycles. The largest absolute Gasteiger partial charge is 0.317 e. The lowest BCUT2D eigenvalue weighted by molar-refractivity contribution is 0.400. The van der Waals surface area contributed by atoms with Crippen molar-refractivity contribution >= 4 is 0 Å². The Labute approximate surface area is 921 Å². The minimum absolute atomic E-state index is 0.747. The second-order valence-corrected chi connectivity index (χ2v) is 44.7. The SMILES string of the molecule is CC(C)CCCCCNCCCNCc1ccc(-c2cccc(-c3ccc(CNCCCCCCCNCC(C)C)cc3)c2)cc1.CCC(CC)CCCCCNCCCNCc1ccc(-c2cccc(-c3ccc(CNCCCCCCCNCC(CC)CC)cc3)c2)cc1.CCCCC(CC)CCCCCNCCCNCc1ccc(-c2cccc(-c3ccc(CNCCCCCCCNCC(CC)CCCC)cc3)c2)cc1. The van der Waals surface area contributed by atoms with Gasteiger partial charge in [-0.3, -0.25) is 0 Å². The van der Waals surface area contributed by atoms with E-state index in [2.05, 4.69) is 365 Å². The van der Waals surface area contributed by atoms with E-state index in [0.717, 1.165) is 160 Å². The lowest BCUT2D eigenvalue weighted by Crippen LogP contribution is -2.23. The van der Waals surface area contributed by atoms with Gasteiger partial charge in [-0.05, 0) is 355 Å². The van der Waals surface area contributed by atoms with E-state index in [1.54, 1.807) is 0 Å². The molecule has 0 heterocycles. The Hall–Kier alpha value is -7.50. The molecule has 12 nitrogen and oxygen atoms in total. The van der Waals surface area contributed by atoms with Crippen LogP contribution in [0.25, 0.3) is 66.8 Å². The Morgan fingerprint density at radius 1 is 0.153 bits per heavy atom. The number of rotatable bonds is 90. The van der Waals surface area contributed by atoms with Gasteiger partial charge < -0.3 is 63.8 Å². The van der Waals surface area contributed by atoms with Gasteiger partial charge >= 0.3 is 0 Å². The Morgan fingerprint density at radius 2 is 0.353 bits per heavy atom. The maximum Gasteiger partial charge on any atom is 0.0205 e. The third kappa shape index (κ3) is 61.7. The average molecular weight is 2050 g/mol. The molecule has 2 atom stereocenters. The molecule has 9 aromatic rings. The summed E-state index contributed by atoms with van der Waals surface area (Å²) in [6, 6.07) is 81.4. The molecule has 9 aromatic carbocycles. The van der Waals surface area contributed by atoms with Crippen molar-refractivity contribution in [2.75, 3.05) is 118 Å². The van der Waals surface area contributed by atoms with Crippen LogP contribution in [0.4, 0.5) is 0 Å². The monoisotopic (exact) mass is 2050 g/mol. The molecule has 9 rings (SSSR count). The molecular weight excluding hydrogens is 1830 g/mol. The summed E-state index contributed by atoms with van der Waals surface area (Å²) >= 11 is 0. The summed E-state index contributed by atoms with van der Waals surface area (Å²) in [6.45, 7) is 53.6. The number of benzene rings is 9. The Balaban J connectivity index is 0.000000305. The molecule has 12 heteroatoms. The Bertz CT molecular complexity index is 4300. The fourth-order valence-electron chi connectivity index (χ4n) is 20.4. The molecule has 0 saturated heterocycles. The highest BCUT2D eigenvalue weighted by Crippen LogP contribution is 2.33. The van der Waals surface area contributed by atoms with Gasteiger partial charge in [-0.15, -0.1) is 0 Å². The van der Waals surface area contributed by atoms with Crippen molar-refractivity contribution in [2.45, 2.75) is 392 Å². The van der Waals surface area contributed by atoms with Crippen molar-refractivity contribution in [3.05, 3.63) is 252 Å². The molecule has 0 bridgehead atoms. The highest BCUT2D eigenvalue weighted by molar-refractivity contribution is 5.76. The quantitative estimate of drug-likeness (QED) is 0.0165. The predicted octanol–water partition coefficient (Wildman–Crippen LogP) is 33.5. The van der Waals surface area contributed by atoms with Crippen LogP contribution < -0.4 is 63.8 Å². The summed E-state index contributed by atoms with van der Waals surface area (Å²) in [4.78, 5) is 0. The van der Waals surface area contributed by atoms with Gasteiger partial charge in [-0.1, -0.05) is 469 Å². The van der Waals surface area contributed by atoms with Gasteiger partial charge in [0.25, 0.3) is 0 Å². The lowest BCUT2D eigenvalue weighted by Gasteiger charge is -2.15. The van der Waals surface area contributed by atoms with Gasteiger partial charge in [0.15, 0.2) is 0 Å². The van der Waals surface area contributed by atoms with Crippen LogP contribution in [0.1, 0.15) is 386 Å². The molecule has 0 aliphatic carbocycles. The van der Waals surface area contributed by atoms with Crippen LogP contribution in [0.15, 0.2) is 218 Å². The van der Waals surface area contributed by atoms with Gasteiger partial charge in [0.1, 0.15) is 0 Å². The molecule has 0 radical (unpaired) electrons. The van der Waals surface area contributed by atoms with E-state index in [4.69, 9.17) is 0 Å². The fraction of sp³-hybridized carbons (Fsp3) is 0.609. The minimum Gasteiger partial charge on any atom is -0.317 e. The second kappa shape index (κ2) is 87.7. The summed E-state index contributed by atoms with van der Waals surface area (Å²) in [6.07, 6.45) is 55.9. The van der Waals surface area contributed by atoms with Gasteiger partial charge in [0.2, 0.25) is 0 Å². The van der Waals surface area contributed by atoms with E-state index in [-0.39, 0.29) is 0 Å². The number of nitrogens with one attached hydrogen (secondary N) is 12. The van der Waals surface area contributed by atoms with Crippen molar-refractivity contribution < 1.29 is 0 Å². The van der Waals surface area contributed by atoms with Crippen molar-refractivity contribution in [1.82, 2.24) is 63.8 Å². The van der Waals surface area contributed by atoms with Crippen LogP contribution >= 0.6 is 0 Å². The summed E-state index contributed by atoms with van der Waals surface area (Å²) in [7, 11) is 0. The van der Waals surface area contributed by atoms with Crippen LogP contribution in [0, 0.1) is 35.5 Å². The number of hydrogen-bond donors (Lipinski definition) is 12. The zero-order valence-corrected chi connectivity index (χ0v) is 97.9. The van der Waals surface area contributed by atoms with Crippen molar-refractivity contribution in [1.29, 1.82) is 0 Å². The van der Waals surface area contributed by atoms with Gasteiger partial charge in [0.05, 0.1) is 0 Å². The van der Waals surface area contributed by atoms with E-state index in [9.17, 15) is 0 Å². The van der Waals surface area contributed by atoms with E-state index in [1.807, 2.05) is 0 Å². The maximum absolute atomic E-state index is 3.71. The third-order valence-corrected chi connectivity index (χ3v) is 30.9. The highest BCUT2D eigenvalue weighted by Gasteiger charge is 2.14. The summed E-state index contributed by atoms with van der Waals surface area (Å²) < 4.78 is 0. The molecule has 0 aliphatic heterocycles. The van der Waals surface area contributed by atoms with Crippen LogP contribution in [-0.2, 0) is 39.3 Å². The molecule has 0 aliphatic rings. The molecule has 150 heavy (non-hydrogen) atoms. The van der Waals surface area contributed by atoms with Gasteiger partial charge in [-0.25, -0.2) is 0 Å². The van der Waals surface area contributed by atoms with Crippen molar-refractivity contribution in [3.63, 3.8) is 0 Å². The van der Waals surface area contributed by atoms with E-state index < -0.39 is 0 Å². The van der Waals surface area contributed by atoms with Gasteiger partial charge in [-0.2, -0.15) is 0 Å². The maximum atomic E-state index is 3.71. The first-order valence-electron chi connectivity index (χ1n) is 62.2. The second-order valence-electron chi connectivity index (χ2n) is 44.7. The van der Waals surface area contributed by atoms with E-state index in [1.165, 1.54) is 403 Å². The van der Waals surface area contributed by atoms with Crippen LogP contribution in [0.3, 0.4) is 0 Å². The lowest BCUT2D eigenvalue weighted by atomic mass is 9.93. The normalized spacial score (nSPS) is 12.0. The summed E-state index contributed by atoms with van der Waals surface area (Å²) in [5, 5.41) is 43.6. The molecule has 834 valence electrons. The molecule has 0 amide bonds. The Morgan fingerprint density at radius 3 is 0.607 bits per heavy atom. The zero-order chi connectivity index (χ0) is 106. The summed E-state index contributed by atoms with van der Waals surface area (Å²) in [5.41, 5.74) is 23.4. The highest BCUT2D eigenvalue weighted by atomic mass is 14.9. The molecule has 0 spiro atoms. The number of unbranched alkanes of at least 4 members (excludes halogenated alkanes) is 20. The molecule has 12 N–H and O–H groups in total. The predicted molar refractivity (Wildman–Crippen MR) is 662 cm³/mol. The van der Waals surface area contributed by atoms with Gasteiger partial charge in [0, 0.05) is 39.3 Å². The first-order valence-corrected chi connectivity index (χ1v) is 62.2. The smallest absolute Gasteiger partial charge is 0.0205 e. The Kier molecular flexibility index (Phi) is 75.6. The topological polar surface area (TPSA) is 144 Å². The molecule has 0 aromatic heterocycles. The van der Waals surface area contributed by atoms with Crippen molar-refractivity contribution in [2.24, 2.45) is 35.5 Å². The van der Waals surface area contributed by atoms with E-state index in [0.29, 0.717) is 0 Å². The van der Waals surface area contributed by atoms with E-state index >= 15 is 0 Å². The molecule has 2 unspecified atom stereocenters. The number of hydrogen-bond acceptors (Lipinski definition) is 12. The molecule has 0 fully saturated rings. The van der Waals surface area contributed by atoms with Crippen LogP contribution in [-0.4, -0.2) is 118 Å². The van der Waals surface area contributed by atoms with Crippen molar-refractivity contribution in [3.8, 4) is 66.8 Å². The van der Waals surface area contributed by atoms with Crippen LogP contribution in [0.2, 0.25) is 0 Å². The standard InChI is InChI=1S/C50H82N4.C46H74N4.C42H66N4/c1-5-9-21-43(7-3)23-15-14-18-34-51-37-20-38-54-42-46-28-32-48(33-29-46)50-25-19-24-49(39-50)47-30-26-45(27-31-47)41-53-36-17-13-11-12-16-35-52-40-44(8-4)22-10-6-2;1-5-39(6-2)19-13-12-16-30-47-33-18-34-50-38-42-24-28-44(29-25-42)46-21-17-20-45(35-46)43-26-22-41(23-27-43)37-49-32-15-11-9-10-14-31-48-36-40(7-3)8-4;1-35(2)15-9-8-12-26-43-29-14-30-46-34-38-20-24-40(25-21-38)42-17-13-16-41(31-42)39-22-18-37(19-23-39)33-45-28-11-7-5-6-10-27-44-32-36(3)4/h19,24-33,39,43-44,51-54H,5-18,20-23,34-38,40-42H2,1-4H3;17,20-29,35,39-40,47-50H,5-16,18-19,30-34,36-38H2,1-4H3;13,16-25,31,35-36,43-46H,5-12,14-15,26-30,32-34H2,1-4H3. The summed E-state index contributed by atoms with van der Waals surface area (Å²) in [5.74, 6) is 5.20. The van der Waals surface area contributed by atoms with Crippen LogP contribution in [0.5, 0.6) is 0 Å². The first-order chi connectivity index (χ1) is 73.8. The zero-order valence-electron chi connectivity index (χ0n) is 97.9. The fourth-order valence-corrected chi connectivity index (χ4v) is 20.4. The first kappa shape index (κ1) is 129. The minimum atomic E-state index is 0.747.